The Morgan fingerprint density at radius 1 is 0.241 bits per heavy atom. The van der Waals surface area contributed by atoms with Gasteiger partial charge < -0.3 is 18.0 Å². The molecule has 4 nitrogen and oxygen atoms in total. The highest BCUT2D eigenvalue weighted by atomic mass is 16.3. The standard InChI is InChI=1S/C78H41BN2O2/c1-3-18-50-46(14-1)49-17-6-8-23-57(49)73-58(50)33-34-59-63-41-61-51-19-4-2-15-47(51)48-16-5-7-22-56(48)72(61)75-78(63)81(77(59)73)67-25-13-24-66-74(67)79(75)64-38-45(44-29-32-55-53-21-10-12-27-69(53)83-71(55)40-44)37-62-60-36-42(30-35-65(60)80(66)76(62)64)43-28-31-54-52-20-9-11-26-68(52)82-70(54)39-43/h1-41H. The highest BCUT2D eigenvalue weighted by Gasteiger charge is 2.43. The lowest BCUT2D eigenvalue weighted by Crippen LogP contribution is -2.59. The average molecular weight is 1050 g/mol. The van der Waals surface area contributed by atoms with Crippen LogP contribution in [0.25, 0.3) is 186 Å². The summed E-state index contributed by atoms with van der Waals surface area (Å²) in [6.07, 6.45) is 0. The van der Waals surface area contributed by atoms with Gasteiger partial charge in [0.05, 0.1) is 16.6 Å². The molecule has 4 aromatic heterocycles. The van der Waals surface area contributed by atoms with Crippen molar-refractivity contribution in [3.63, 3.8) is 0 Å². The van der Waals surface area contributed by atoms with Crippen LogP contribution >= 0.6 is 0 Å². The minimum Gasteiger partial charge on any atom is -0.456 e. The third kappa shape index (κ3) is 5.30. The number of benzene rings is 15. The molecule has 15 aromatic carbocycles. The molecule has 0 aliphatic carbocycles. The maximum atomic E-state index is 6.67. The molecule has 21 rings (SSSR count). The van der Waals surface area contributed by atoms with E-state index < -0.39 is 0 Å². The van der Waals surface area contributed by atoms with E-state index in [0.717, 1.165) is 66.1 Å². The lowest BCUT2D eigenvalue weighted by atomic mass is 9.33. The van der Waals surface area contributed by atoms with Crippen LogP contribution in [0.3, 0.4) is 0 Å². The van der Waals surface area contributed by atoms with E-state index in [1.807, 2.05) is 6.07 Å². The number of hydrogen-bond acceptors (Lipinski definition) is 2. The molecule has 2 aliphatic heterocycles. The van der Waals surface area contributed by atoms with E-state index in [0.29, 0.717) is 0 Å². The molecule has 378 valence electrons. The van der Waals surface area contributed by atoms with Crippen LogP contribution in [0.2, 0.25) is 0 Å². The van der Waals surface area contributed by atoms with Crippen LogP contribution in [-0.2, 0) is 0 Å². The molecule has 6 heterocycles. The van der Waals surface area contributed by atoms with Gasteiger partial charge in [0.2, 0.25) is 0 Å². The van der Waals surface area contributed by atoms with Crippen LogP contribution < -0.4 is 16.4 Å². The number of nitrogens with zero attached hydrogens (tertiary/aromatic N) is 2. The van der Waals surface area contributed by atoms with Crippen LogP contribution in [0.15, 0.2) is 258 Å². The maximum Gasteiger partial charge on any atom is 0.253 e. The van der Waals surface area contributed by atoms with Crippen molar-refractivity contribution in [3.05, 3.63) is 249 Å². The molecule has 0 radical (unpaired) electrons. The van der Waals surface area contributed by atoms with Crippen molar-refractivity contribution in [1.29, 1.82) is 0 Å². The van der Waals surface area contributed by atoms with Gasteiger partial charge in [-0.05, 0) is 171 Å². The van der Waals surface area contributed by atoms with E-state index in [1.165, 1.54) is 136 Å². The van der Waals surface area contributed by atoms with E-state index in [-0.39, 0.29) is 6.71 Å². The Morgan fingerprint density at radius 3 is 1.33 bits per heavy atom. The zero-order valence-corrected chi connectivity index (χ0v) is 44.5. The molecule has 0 atom stereocenters. The second-order valence-corrected chi connectivity index (χ2v) is 23.3. The summed E-state index contributed by atoms with van der Waals surface area (Å²) in [5.74, 6) is 0. The Morgan fingerprint density at radius 2 is 0.687 bits per heavy atom. The van der Waals surface area contributed by atoms with E-state index in [2.05, 4.69) is 252 Å². The van der Waals surface area contributed by atoms with E-state index in [4.69, 9.17) is 8.83 Å². The summed E-state index contributed by atoms with van der Waals surface area (Å²) in [5.41, 5.74) is 19.5. The molecule has 0 fully saturated rings. The molecule has 2 aliphatic rings. The average Bonchev–Trinajstić information content (AvgIpc) is 1.71. The highest BCUT2D eigenvalue weighted by molar-refractivity contribution is 7.02. The van der Waals surface area contributed by atoms with E-state index in [1.54, 1.807) is 0 Å². The monoisotopic (exact) mass is 1050 g/mol. The predicted octanol–water partition coefficient (Wildman–Crippen LogP) is 19.1. The van der Waals surface area contributed by atoms with Gasteiger partial charge in [0, 0.05) is 65.4 Å². The second-order valence-electron chi connectivity index (χ2n) is 23.3. The zero-order chi connectivity index (χ0) is 53.5. The highest BCUT2D eigenvalue weighted by Crippen LogP contribution is 2.49. The molecule has 0 bridgehead atoms. The van der Waals surface area contributed by atoms with E-state index in [9.17, 15) is 0 Å². The molecular weight excluding hydrogens is 1010 g/mol. The van der Waals surface area contributed by atoms with Crippen LogP contribution in [0.1, 0.15) is 0 Å². The first kappa shape index (κ1) is 43.0. The summed E-state index contributed by atoms with van der Waals surface area (Å²) in [6.45, 7) is -0.151. The van der Waals surface area contributed by atoms with Crippen molar-refractivity contribution in [1.82, 2.24) is 9.13 Å². The third-order valence-electron chi connectivity index (χ3n) is 19.4. The van der Waals surface area contributed by atoms with Gasteiger partial charge in [0.15, 0.2) is 0 Å². The number of rotatable bonds is 2. The normalized spacial score (nSPS) is 13.0. The fraction of sp³-hybridized carbons (Fsp3) is 0. The van der Waals surface area contributed by atoms with Gasteiger partial charge in [-0.2, -0.15) is 0 Å². The third-order valence-corrected chi connectivity index (χ3v) is 19.4. The molecule has 83 heavy (non-hydrogen) atoms. The SMILES string of the molecule is c1cc2c3c(c1)-n1c4c(c5c6ccccc6c6ccccc6c5cc4c4ccc5c6ccccc6c6ccccc6c5c41)B3c1cc(-c3ccc4c(c3)oc3ccccc34)cc3c4cc(-c5ccc6c(c5)oc5ccccc56)ccc4n-2c13. The molecule has 0 N–H and O–H groups in total. The van der Waals surface area contributed by atoms with Gasteiger partial charge in [-0.3, -0.25) is 0 Å². The molecule has 0 unspecified atom stereocenters. The van der Waals surface area contributed by atoms with Crippen molar-refractivity contribution in [2.75, 3.05) is 0 Å². The molecule has 0 amide bonds. The molecule has 19 aromatic rings. The Hall–Kier alpha value is -10.9. The first-order valence-corrected chi connectivity index (χ1v) is 28.8. The lowest BCUT2D eigenvalue weighted by Gasteiger charge is -2.35. The van der Waals surface area contributed by atoms with Crippen LogP contribution in [0, 0.1) is 0 Å². The number of furan rings is 2. The van der Waals surface area contributed by atoms with Crippen molar-refractivity contribution in [2.45, 2.75) is 0 Å². The minimum absolute atomic E-state index is 0.151. The number of hydrogen-bond donors (Lipinski definition) is 0. The van der Waals surface area contributed by atoms with Crippen molar-refractivity contribution in [3.8, 4) is 33.6 Å². The summed E-state index contributed by atoms with van der Waals surface area (Å²) < 4.78 is 18.5. The summed E-state index contributed by atoms with van der Waals surface area (Å²) in [7, 11) is 0. The van der Waals surface area contributed by atoms with E-state index >= 15 is 0 Å². The molecule has 0 spiro atoms. The van der Waals surface area contributed by atoms with Crippen LogP contribution in [0.4, 0.5) is 0 Å². The van der Waals surface area contributed by atoms with Gasteiger partial charge in [0.1, 0.15) is 22.3 Å². The Kier molecular flexibility index (Phi) is 7.83. The predicted molar refractivity (Wildman–Crippen MR) is 350 cm³/mol. The largest absolute Gasteiger partial charge is 0.456 e. The van der Waals surface area contributed by atoms with Crippen molar-refractivity contribution < 1.29 is 8.83 Å². The van der Waals surface area contributed by atoms with Gasteiger partial charge in [-0.1, -0.05) is 176 Å². The fourth-order valence-corrected chi connectivity index (χ4v) is 16.1. The quantitative estimate of drug-likeness (QED) is 0.128. The maximum absolute atomic E-state index is 6.67. The summed E-state index contributed by atoms with van der Waals surface area (Å²) in [5, 5.41) is 24.8. The number of para-hydroxylation sites is 2. The number of aromatic nitrogens is 2. The van der Waals surface area contributed by atoms with Gasteiger partial charge in [-0.25, -0.2) is 0 Å². The lowest BCUT2D eigenvalue weighted by molar-refractivity contribution is 0.668. The molecule has 5 heteroatoms. The first-order valence-electron chi connectivity index (χ1n) is 28.8. The topological polar surface area (TPSA) is 36.1 Å². The van der Waals surface area contributed by atoms with Gasteiger partial charge in [-0.15, -0.1) is 0 Å². The summed E-state index contributed by atoms with van der Waals surface area (Å²) in [4.78, 5) is 0. The molecular formula is C78H41BN2O2. The minimum atomic E-state index is -0.151. The van der Waals surface area contributed by atoms with Gasteiger partial charge in [0.25, 0.3) is 6.71 Å². The van der Waals surface area contributed by atoms with Crippen molar-refractivity contribution in [2.24, 2.45) is 0 Å². The molecule has 0 saturated carbocycles. The van der Waals surface area contributed by atoms with Crippen LogP contribution in [0.5, 0.6) is 0 Å². The smallest absolute Gasteiger partial charge is 0.253 e. The molecule has 0 saturated heterocycles. The van der Waals surface area contributed by atoms with Gasteiger partial charge >= 0.3 is 0 Å². The Balaban J connectivity index is 0.953. The summed E-state index contributed by atoms with van der Waals surface area (Å²) >= 11 is 0. The number of fused-ring (bicyclic) bond motifs is 30. The Labute approximate surface area is 472 Å². The fourth-order valence-electron chi connectivity index (χ4n) is 16.1. The Bertz CT molecular complexity index is 6230. The van der Waals surface area contributed by atoms with Crippen LogP contribution in [-0.4, -0.2) is 15.8 Å². The van der Waals surface area contributed by atoms with Crippen molar-refractivity contribution >= 4 is 175 Å². The second kappa shape index (κ2) is 15.1. The zero-order valence-electron chi connectivity index (χ0n) is 44.5. The summed E-state index contributed by atoms with van der Waals surface area (Å²) in [6, 6.07) is 93.3. The first-order chi connectivity index (χ1) is 41.2.